The van der Waals surface area contributed by atoms with Crippen LogP contribution in [-0.2, 0) is 4.74 Å². The van der Waals surface area contributed by atoms with E-state index in [0.29, 0.717) is 6.10 Å². The Morgan fingerprint density at radius 2 is 2.75 bits per heavy atom. The van der Waals surface area contributed by atoms with Crippen molar-refractivity contribution in [2.45, 2.75) is 6.10 Å². The molecule has 1 aromatic heterocycles. The summed E-state index contributed by atoms with van der Waals surface area (Å²) in [6, 6.07) is 1.93. The maximum Gasteiger partial charge on any atom is 0.122 e. The molecule has 0 radical (unpaired) electrons. The molecule has 3 nitrogen and oxygen atoms in total. The zero-order chi connectivity index (χ0) is 5.40. The minimum absolute atomic E-state index is 0.317. The number of aromatic amines is 1. The summed E-state index contributed by atoms with van der Waals surface area (Å²) in [7, 11) is 0. The number of hydrogen-bond donors (Lipinski definition) is 1. The fourth-order valence-electron chi connectivity index (χ4n) is 0.674. The number of hydrogen-bond acceptors (Lipinski definition) is 2. The van der Waals surface area contributed by atoms with Gasteiger partial charge in [-0.3, -0.25) is 5.10 Å². The van der Waals surface area contributed by atoms with Crippen molar-refractivity contribution in [2.24, 2.45) is 0 Å². The van der Waals surface area contributed by atoms with E-state index in [1.165, 1.54) is 0 Å². The van der Waals surface area contributed by atoms with Gasteiger partial charge in [-0.1, -0.05) is 0 Å². The minimum atomic E-state index is 0.317. The zero-order valence-corrected chi connectivity index (χ0v) is 4.29. The molecule has 1 aromatic rings. The average Bonchev–Trinajstić information content (AvgIpc) is 2.49. The van der Waals surface area contributed by atoms with Crippen LogP contribution in [-0.4, -0.2) is 16.8 Å². The van der Waals surface area contributed by atoms with Gasteiger partial charge in [0.1, 0.15) is 6.10 Å². The van der Waals surface area contributed by atoms with Crippen LogP contribution in [0.1, 0.15) is 11.8 Å². The van der Waals surface area contributed by atoms with E-state index < -0.39 is 0 Å². The molecule has 0 saturated carbocycles. The van der Waals surface area contributed by atoms with Crippen LogP contribution in [0, 0.1) is 0 Å². The second kappa shape index (κ2) is 1.32. The van der Waals surface area contributed by atoms with Gasteiger partial charge in [0.15, 0.2) is 0 Å². The lowest BCUT2D eigenvalue weighted by Gasteiger charge is -1.79. The van der Waals surface area contributed by atoms with Crippen molar-refractivity contribution >= 4 is 0 Å². The van der Waals surface area contributed by atoms with Gasteiger partial charge in [0.05, 0.1) is 12.3 Å². The van der Waals surface area contributed by atoms with Crippen molar-refractivity contribution < 1.29 is 4.74 Å². The van der Waals surface area contributed by atoms with Gasteiger partial charge in [-0.15, -0.1) is 0 Å². The molecule has 1 saturated heterocycles. The smallest absolute Gasteiger partial charge is 0.122 e. The van der Waals surface area contributed by atoms with E-state index in [-0.39, 0.29) is 0 Å². The Morgan fingerprint density at radius 3 is 3.25 bits per heavy atom. The first kappa shape index (κ1) is 4.09. The van der Waals surface area contributed by atoms with Crippen molar-refractivity contribution in [3.63, 3.8) is 0 Å². The molecule has 1 aliphatic heterocycles. The molecular weight excluding hydrogens is 104 g/mol. The summed E-state index contributed by atoms with van der Waals surface area (Å²) in [5, 5.41) is 6.60. The third-order valence-electron chi connectivity index (χ3n) is 1.20. The molecule has 8 heavy (non-hydrogen) atoms. The first-order chi connectivity index (χ1) is 3.97. The quantitative estimate of drug-likeness (QED) is 0.534. The second-order valence-electron chi connectivity index (χ2n) is 1.83. The zero-order valence-electron chi connectivity index (χ0n) is 4.29. The van der Waals surface area contributed by atoms with Gasteiger partial charge in [-0.25, -0.2) is 0 Å². The van der Waals surface area contributed by atoms with Gasteiger partial charge in [0.2, 0.25) is 0 Å². The summed E-state index contributed by atoms with van der Waals surface area (Å²) in [6.45, 7) is 0.849. The Balaban J connectivity index is 2.28. The second-order valence-corrected chi connectivity index (χ2v) is 1.83. The SMILES string of the molecule is c1cc([C@@H]2CO2)[nH]n1. The average molecular weight is 110 g/mol. The fraction of sp³-hybridized carbons (Fsp3) is 0.400. The molecule has 2 rings (SSSR count). The molecule has 0 bridgehead atoms. The molecule has 0 spiro atoms. The Kier molecular flexibility index (Phi) is 0.676. The Bertz CT molecular complexity index is 167. The molecule has 3 heteroatoms. The van der Waals surface area contributed by atoms with Gasteiger partial charge < -0.3 is 4.74 Å². The van der Waals surface area contributed by atoms with E-state index in [1.807, 2.05) is 6.07 Å². The van der Waals surface area contributed by atoms with Crippen molar-refractivity contribution in [3.8, 4) is 0 Å². The third-order valence-corrected chi connectivity index (χ3v) is 1.20. The summed E-state index contributed by atoms with van der Waals surface area (Å²) < 4.78 is 4.98. The molecular formula is C5H6N2O. The first-order valence-corrected chi connectivity index (χ1v) is 2.58. The van der Waals surface area contributed by atoms with Crippen molar-refractivity contribution in [3.05, 3.63) is 18.0 Å². The van der Waals surface area contributed by atoms with Crippen molar-refractivity contribution in [2.75, 3.05) is 6.61 Å². The summed E-state index contributed by atoms with van der Waals surface area (Å²) in [4.78, 5) is 0. The van der Waals surface area contributed by atoms with E-state index >= 15 is 0 Å². The van der Waals surface area contributed by atoms with Crippen LogP contribution in [0.5, 0.6) is 0 Å². The third kappa shape index (κ3) is 0.518. The molecule has 2 heterocycles. The number of ether oxygens (including phenoxy) is 1. The van der Waals surface area contributed by atoms with Crippen LogP contribution in [0.25, 0.3) is 0 Å². The maximum atomic E-state index is 4.98. The highest BCUT2D eigenvalue weighted by molar-refractivity contribution is 5.05. The molecule has 1 N–H and O–H groups in total. The van der Waals surface area contributed by atoms with Gasteiger partial charge in [-0.05, 0) is 6.07 Å². The van der Waals surface area contributed by atoms with Crippen molar-refractivity contribution in [1.29, 1.82) is 0 Å². The maximum absolute atomic E-state index is 4.98. The predicted octanol–water partition coefficient (Wildman–Crippen LogP) is 0.481. The summed E-state index contributed by atoms with van der Waals surface area (Å²) in [6.07, 6.45) is 2.05. The van der Waals surface area contributed by atoms with Crippen LogP contribution in [0.3, 0.4) is 0 Å². The highest BCUT2D eigenvalue weighted by atomic mass is 16.6. The van der Waals surface area contributed by atoms with Gasteiger partial charge in [-0.2, -0.15) is 5.10 Å². The normalized spacial score (nSPS) is 25.8. The van der Waals surface area contributed by atoms with E-state index in [4.69, 9.17) is 4.74 Å². The van der Waals surface area contributed by atoms with Crippen LogP contribution < -0.4 is 0 Å². The summed E-state index contributed by atoms with van der Waals surface area (Å²) in [5.41, 5.74) is 1.09. The van der Waals surface area contributed by atoms with Gasteiger partial charge >= 0.3 is 0 Å². The lowest BCUT2D eigenvalue weighted by atomic mass is 10.3. The Morgan fingerprint density at radius 1 is 1.88 bits per heavy atom. The molecule has 0 amide bonds. The van der Waals surface area contributed by atoms with Crippen LogP contribution in [0.15, 0.2) is 12.3 Å². The molecule has 0 unspecified atom stereocenters. The molecule has 1 fully saturated rings. The molecule has 0 aromatic carbocycles. The minimum Gasteiger partial charge on any atom is -0.366 e. The van der Waals surface area contributed by atoms with Crippen LogP contribution >= 0.6 is 0 Å². The number of aromatic nitrogens is 2. The van der Waals surface area contributed by atoms with Crippen LogP contribution in [0.4, 0.5) is 0 Å². The van der Waals surface area contributed by atoms with Crippen molar-refractivity contribution in [1.82, 2.24) is 10.2 Å². The number of H-pyrrole nitrogens is 1. The number of epoxide rings is 1. The summed E-state index contributed by atoms with van der Waals surface area (Å²) >= 11 is 0. The Labute approximate surface area is 46.7 Å². The monoisotopic (exact) mass is 110 g/mol. The number of nitrogens with one attached hydrogen (secondary N) is 1. The topological polar surface area (TPSA) is 41.2 Å². The molecule has 1 aliphatic rings. The summed E-state index contributed by atoms with van der Waals surface area (Å²) in [5.74, 6) is 0. The predicted molar refractivity (Wildman–Crippen MR) is 27.3 cm³/mol. The molecule has 0 aliphatic carbocycles. The fourth-order valence-corrected chi connectivity index (χ4v) is 0.674. The largest absolute Gasteiger partial charge is 0.366 e. The molecule has 42 valence electrons. The van der Waals surface area contributed by atoms with Gasteiger partial charge in [0.25, 0.3) is 0 Å². The first-order valence-electron chi connectivity index (χ1n) is 2.58. The lowest BCUT2D eigenvalue weighted by Crippen LogP contribution is -1.77. The highest BCUT2D eigenvalue weighted by Gasteiger charge is 2.25. The van der Waals surface area contributed by atoms with E-state index in [0.717, 1.165) is 12.3 Å². The number of rotatable bonds is 1. The standard InChI is InChI=1S/C5H6N2O/c1-2-6-7-4(1)5-3-8-5/h1-2,5H,3H2,(H,6,7)/t5-/m0/s1. The number of nitrogens with zero attached hydrogens (tertiary/aromatic N) is 1. The highest BCUT2D eigenvalue weighted by Crippen LogP contribution is 2.26. The van der Waals surface area contributed by atoms with E-state index in [9.17, 15) is 0 Å². The van der Waals surface area contributed by atoms with E-state index in [1.54, 1.807) is 6.20 Å². The molecule has 1 atom stereocenters. The van der Waals surface area contributed by atoms with E-state index in [2.05, 4.69) is 10.2 Å². The van der Waals surface area contributed by atoms with Crippen LogP contribution in [0.2, 0.25) is 0 Å². The lowest BCUT2D eigenvalue weighted by molar-refractivity contribution is 0.411. The van der Waals surface area contributed by atoms with Gasteiger partial charge in [0, 0.05) is 6.20 Å². The Hall–Kier alpha value is -0.830.